The number of halogens is 1. The van der Waals surface area contributed by atoms with Gasteiger partial charge in [-0.25, -0.2) is 0 Å². The maximum atomic E-state index is 12.4. The summed E-state index contributed by atoms with van der Waals surface area (Å²) in [5, 5.41) is 12.1. The van der Waals surface area contributed by atoms with Gasteiger partial charge in [-0.3, -0.25) is 4.79 Å². The lowest BCUT2D eigenvalue weighted by atomic mass is 10.0. The van der Waals surface area contributed by atoms with Crippen LogP contribution in [0.15, 0.2) is 30.3 Å². The monoisotopic (exact) mass is 342 g/mol. The van der Waals surface area contributed by atoms with Gasteiger partial charge in [-0.2, -0.15) is 5.26 Å². The molecule has 5 heteroatoms. The third-order valence-corrected chi connectivity index (χ3v) is 3.95. The minimum Gasteiger partial charge on any atom is -0.479 e. The Morgan fingerprint density at radius 3 is 2.38 bits per heavy atom. The predicted octanol–water partition coefficient (Wildman–Crippen LogP) is 4.54. The second-order valence-electron chi connectivity index (χ2n) is 5.78. The van der Waals surface area contributed by atoms with E-state index >= 15 is 0 Å². The van der Waals surface area contributed by atoms with Crippen molar-refractivity contribution >= 4 is 23.2 Å². The van der Waals surface area contributed by atoms with E-state index in [9.17, 15) is 4.79 Å². The zero-order valence-electron chi connectivity index (χ0n) is 14.1. The molecule has 24 heavy (non-hydrogen) atoms. The number of benzene rings is 2. The number of hydrogen-bond acceptors (Lipinski definition) is 3. The average Bonchev–Trinajstić information content (AvgIpc) is 2.52. The first-order valence-electron chi connectivity index (χ1n) is 7.57. The SMILES string of the molecule is Cc1cc(C)c(NC(=O)[C@@H](C)Oc2ccc(C#N)cc2Cl)c(C)c1. The molecule has 0 fully saturated rings. The predicted molar refractivity (Wildman–Crippen MR) is 95.5 cm³/mol. The molecule has 0 heterocycles. The minimum atomic E-state index is -0.726. The molecule has 0 unspecified atom stereocenters. The van der Waals surface area contributed by atoms with Crippen molar-refractivity contribution in [1.29, 1.82) is 5.26 Å². The fourth-order valence-electron chi connectivity index (χ4n) is 2.51. The molecule has 2 aromatic carbocycles. The number of nitrogens with zero attached hydrogens (tertiary/aromatic N) is 1. The van der Waals surface area contributed by atoms with Gasteiger partial charge in [0.25, 0.3) is 5.91 Å². The molecule has 124 valence electrons. The van der Waals surface area contributed by atoms with Gasteiger partial charge in [-0.1, -0.05) is 29.3 Å². The van der Waals surface area contributed by atoms with Crippen molar-refractivity contribution in [3.05, 3.63) is 57.6 Å². The molecule has 1 amide bonds. The van der Waals surface area contributed by atoms with E-state index in [1.54, 1.807) is 19.1 Å². The summed E-state index contributed by atoms with van der Waals surface area (Å²) >= 11 is 6.08. The Bertz CT molecular complexity index is 802. The summed E-state index contributed by atoms with van der Waals surface area (Å²) in [4.78, 5) is 12.4. The van der Waals surface area contributed by atoms with Gasteiger partial charge in [0.05, 0.1) is 16.7 Å². The zero-order chi connectivity index (χ0) is 17.9. The highest BCUT2D eigenvalue weighted by molar-refractivity contribution is 6.32. The summed E-state index contributed by atoms with van der Waals surface area (Å²) in [5.74, 6) is 0.112. The quantitative estimate of drug-likeness (QED) is 0.887. The molecular weight excluding hydrogens is 324 g/mol. The smallest absolute Gasteiger partial charge is 0.265 e. The van der Waals surface area contributed by atoms with Gasteiger partial charge in [0.2, 0.25) is 0 Å². The van der Waals surface area contributed by atoms with E-state index in [1.807, 2.05) is 39.0 Å². The summed E-state index contributed by atoms with van der Waals surface area (Å²) in [7, 11) is 0. The zero-order valence-corrected chi connectivity index (χ0v) is 14.9. The van der Waals surface area contributed by atoms with Crippen LogP contribution in [0.4, 0.5) is 5.69 Å². The standard InChI is InChI=1S/C19H19ClN2O2/c1-11-7-12(2)18(13(3)8-11)22-19(23)14(4)24-17-6-5-15(10-21)9-16(17)20/h5-9,14H,1-4H3,(H,22,23)/t14-/m1/s1. The highest BCUT2D eigenvalue weighted by Crippen LogP contribution is 2.27. The highest BCUT2D eigenvalue weighted by Gasteiger charge is 2.18. The molecule has 2 aromatic rings. The van der Waals surface area contributed by atoms with Crippen LogP contribution in [0, 0.1) is 32.1 Å². The Balaban J connectivity index is 2.12. The van der Waals surface area contributed by atoms with Crippen LogP contribution in [0.3, 0.4) is 0 Å². The Hall–Kier alpha value is -2.51. The highest BCUT2D eigenvalue weighted by atomic mass is 35.5. The number of carbonyl (C=O) groups is 1. The Kier molecular flexibility index (Phi) is 5.48. The Labute approximate surface area is 147 Å². The third kappa shape index (κ3) is 4.06. The summed E-state index contributed by atoms with van der Waals surface area (Å²) < 4.78 is 5.63. The number of nitriles is 1. The van der Waals surface area contributed by atoms with Gasteiger partial charge >= 0.3 is 0 Å². The normalized spacial score (nSPS) is 11.5. The molecule has 0 bridgehead atoms. The number of aryl methyl sites for hydroxylation is 3. The van der Waals surface area contributed by atoms with Crippen molar-refractivity contribution in [3.8, 4) is 11.8 Å². The van der Waals surface area contributed by atoms with Crippen molar-refractivity contribution in [2.24, 2.45) is 0 Å². The number of amides is 1. The molecule has 2 rings (SSSR count). The van der Waals surface area contributed by atoms with E-state index in [1.165, 1.54) is 6.07 Å². The number of ether oxygens (including phenoxy) is 1. The van der Waals surface area contributed by atoms with E-state index in [0.29, 0.717) is 16.3 Å². The largest absolute Gasteiger partial charge is 0.479 e. The summed E-state index contributed by atoms with van der Waals surface area (Å²) in [6.07, 6.45) is -0.726. The van der Waals surface area contributed by atoms with Crippen molar-refractivity contribution in [2.45, 2.75) is 33.8 Å². The van der Waals surface area contributed by atoms with Crippen molar-refractivity contribution < 1.29 is 9.53 Å². The fourth-order valence-corrected chi connectivity index (χ4v) is 2.74. The first kappa shape index (κ1) is 17.8. The Morgan fingerprint density at radius 1 is 1.21 bits per heavy atom. The van der Waals surface area contributed by atoms with Crippen LogP contribution in [-0.2, 0) is 4.79 Å². The van der Waals surface area contributed by atoms with E-state index in [2.05, 4.69) is 5.32 Å². The molecule has 0 radical (unpaired) electrons. The molecule has 0 aliphatic rings. The minimum absolute atomic E-state index is 0.259. The molecule has 0 aromatic heterocycles. The van der Waals surface area contributed by atoms with Gasteiger partial charge in [0, 0.05) is 5.69 Å². The van der Waals surface area contributed by atoms with Crippen LogP contribution in [0.1, 0.15) is 29.2 Å². The lowest BCUT2D eigenvalue weighted by molar-refractivity contribution is -0.122. The second kappa shape index (κ2) is 7.37. The van der Waals surface area contributed by atoms with Gasteiger partial charge in [0.1, 0.15) is 5.75 Å². The first-order valence-corrected chi connectivity index (χ1v) is 7.94. The summed E-state index contributed by atoms with van der Waals surface area (Å²) in [6.45, 7) is 7.59. The number of carbonyl (C=O) groups excluding carboxylic acids is 1. The van der Waals surface area contributed by atoms with Crippen molar-refractivity contribution in [2.75, 3.05) is 5.32 Å². The van der Waals surface area contributed by atoms with Crippen LogP contribution in [0.25, 0.3) is 0 Å². The van der Waals surface area contributed by atoms with Gasteiger partial charge in [-0.15, -0.1) is 0 Å². The van der Waals surface area contributed by atoms with Crippen LogP contribution >= 0.6 is 11.6 Å². The molecule has 0 saturated carbocycles. The topological polar surface area (TPSA) is 62.1 Å². The van der Waals surface area contributed by atoms with Crippen LogP contribution in [0.2, 0.25) is 5.02 Å². The van der Waals surface area contributed by atoms with E-state index in [0.717, 1.165) is 22.4 Å². The Morgan fingerprint density at radius 2 is 1.83 bits per heavy atom. The molecule has 1 atom stereocenters. The van der Waals surface area contributed by atoms with Crippen molar-refractivity contribution in [3.63, 3.8) is 0 Å². The molecule has 0 aliphatic heterocycles. The van der Waals surface area contributed by atoms with Gasteiger partial charge in [-0.05, 0) is 57.0 Å². The van der Waals surface area contributed by atoms with Crippen LogP contribution in [-0.4, -0.2) is 12.0 Å². The second-order valence-corrected chi connectivity index (χ2v) is 6.19. The maximum absolute atomic E-state index is 12.4. The van der Waals surface area contributed by atoms with Crippen LogP contribution in [0.5, 0.6) is 5.75 Å². The maximum Gasteiger partial charge on any atom is 0.265 e. The average molecular weight is 343 g/mol. The lowest BCUT2D eigenvalue weighted by Crippen LogP contribution is -2.30. The lowest BCUT2D eigenvalue weighted by Gasteiger charge is -2.18. The molecule has 4 nitrogen and oxygen atoms in total. The summed E-state index contributed by atoms with van der Waals surface area (Å²) in [5.41, 5.74) is 4.40. The van der Waals surface area contributed by atoms with Gasteiger partial charge in [0.15, 0.2) is 6.10 Å². The number of nitrogens with one attached hydrogen (secondary N) is 1. The number of rotatable bonds is 4. The number of anilines is 1. The van der Waals surface area contributed by atoms with Crippen molar-refractivity contribution in [1.82, 2.24) is 0 Å². The number of hydrogen-bond donors (Lipinski definition) is 1. The van der Waals surface area contributed by atoms with E-state index < -0.39 is 6.10 Å². The van der Waals surface area contributed by atoms with E-state index in [-0.39, 0.29) is 5.91 Å². The fraction of sp³-hybridized carbons (Fsp3) is 0.263. The molecule has 0 aliphatic carbocycles. The van der Waals surface area contributed by atoms with E-state index in [4.69, 9.17) is 21.6 Å². The molecule has 1 N–H and O–H groups in total. The van der Waals surface area contributed by atoms with Gasteiger partial charge < -0.3 is 10.1 Å². The van der Waals surface area contributed by atoms with Crippen LogP contribution < -0.4 is 10.1 Å². The molecule has 0 spiro atoms. The first-order chi connectivity index (χ1) is 11.3. The summed E-state index contributed by atoms with van der Waals surface area (Å²) in [6, 6.07) is 10.7. The molecular formula is C19H19ClN2O2. The molecule has 0 saturated heterocycles. The third-order valence-electron chi connectivity index (χ3n) is 3.66.